The van der Waals surface area contributed by atoms with Crippen molar-refractivity contribution in [1.29, 1.82) is 0 Å². The molecular formula is C18H17N3O4S. The van der Waals surface area contributed by atoms with E-state index in [9.17, 15) is 9.59 Å². The molecule has 0 unspecified atom stereocenters. The Hall–Kier alpha value is -3.00. The van der Waals surface area contributed by atoms with Crippen LogP contribution in [0.3, 0.4) is 0 Å². The summed E-state index contributed by atoms with van der Waals surface area (Å²) in [6, 6.07) is 9.65. The Bertz CT molecular complexity index is 889. The van der Waals surface area contributed by atoms with Gasteiger partial charge in [-0.15, -0.1) is 11.3 Å². The lowest BCUT2D eigenvalue weighted by Gasteiger charge is -2.00. The van der Waals surface area contributed by atoms with Gasteiger partial charge in [-0.05, 0) is 0 Å². The van der Waals surface area contributed by atoms with Gasteiger partial charge in [0, 0.05) is 23.8 Å². The van der Waals surface area contributed by atoms with Gasteiger partial charge in [0.15, 0.2) is 16.8 Å². The topological polar surface area (TPSA) is 94.3 Å². The van der Waals surface area contributed by atoms with Crippen molar-refractivity contribution in [1.82, 2.24) is 9.97 Å². The van der Waals surface area contributed by atoms with Crippen LogP contribution in [0.15, 0.2) is 46.3 Å². The number of nitrogens with one attached hydrogen (secondary N) is 1. The monoisotopic (exact) mass is 371 g/mol. The summed E-state index contributed by atoms with van der Waals surface area (Å²) < 4.78 is 10.3. The van der Waals surface area contributed by atoms with E-state index in [0.29, 0.717) is 28.9 Å². The van der Waals surface area contributed by atoms with E-state index in [-0.39, 0.29) is 24.7 Å². The zero-order valence-corrected chi connectivity index (χ0v) is 14.9. The number of hydrogen-bond donors (Lipinski definition) is 1. The van der Waals surface area contributed by atoms with E-state index in [0.717, 1.165) is 5.56 Å². The van der Waals surface area contributed by atoms with E-state index < -0.39 is 0 Å². The minimum absolute atomic E-state index is 0.0848. The maximum atomic E-state index is 12.0. The van der Waals surface area contributed by atoms with Gasteiger partial charge in [0.25, 0.3) is 0 Å². The summed E-state index contributed by atoms with van der Waals surface area (Å²) in [4.78, 5) is 31.6. The molecule has 1 amide bonds. The minimum atomic E-state index is -0.369. The Morgan fingerprint density at radius 3 is 2.85 bits per heavy atom. The van der Waals surface area contributed by atoms with Crippen LogP contribution in [0.5, 0.6) is 0 Å². The molecule has 0 radical (unpaired) electrons. The zero-order valence-electron chi connectivity index (χ0n) is 14.1. The number of amides is 1. The number of carbonyl (C=O) groups is 2. The van der Waals surface area contributed by atoms with E-state index in [1.165, 1.54) is 18.4 Å². The fourth-order valence-corrected chi connectivity index (χ4v) is 2.96. The molecule has 0 bridgehead atoms. The number of thiazole rings is 1. The van der Waals surface area contributed by atoms with Gasteiger partial charge in [0.2, 0.25) is 5.91 Å². The number of hydrogen-bond acceptors (Lipinski definition) is 7. The Labute approximate surface area is 154 Å². The van der Waals surface area contributed by atoms with Crippen molar-refractivity contribution in [2.75, 3.05) is 12.4 Å². The second-order valence-corrected chi connectivity index (χ2v) is 6.29. The average Bonchev–Trinajstić information content (AvgIpc) is 3.30. The maximum absolute atomic E-state index is 12.0. The summed E-state index contributed by atoms with van der Waals surface area (Å²) in [5, 5.41) is 4.87. The first-order chi connectivity index (χ1) is 12.6. The lowest BCUT2D eigenvalue weighted by Crippen LogP contribution is -2.12. The van der Waals surface area contributed by atoms with Crippen LogP contribution in [-0.2, 0) is 27.2 Å². The van der Waals surface area contributed by atoms with Crippen molar-refractivity contribution in [2.24, 2.45) is 0 Å². The highest BCUT2D eigenvalue weighted by atomic mass is 32.1. The Kier molecular flexibility index (Phi) is 5.75. The lowest BCUT2D eigenvalue weighted by atomic mass is 10.2. The van der Waals surface area contributed by atoms with Crippen LogP contribution in [0.25, 0.3) is 11.3 Å². The third kappa shape index (κ3) is 4.76. The average molecular weight is 371 g/mol. The van der Waals surface area contributed by atoms with E-state index in [4.69, 9.17) is 4.42 Å². The molecule has 0 aliphatic rings. The Balaban J connectivity index is 1.50. The fourth-order valence-electron chi connectivity index (χ4n) is 2.23. The number of benzene rings is 1. The predicted octanol–water partition coefficient (Wildman–Crippen LogP) is 3.08. The molecule has 8 heteroatoms. The molecule has 0 atom stereocenters. The molecule has 1 aromatic carbocycles. The smallest absolute Gasteiger partial charge is 0.311 e. The first-order valence-electron chi connectivity index (χ1n) is 7.95. The molecular weight excluding hydrogens is 354 g/mol. The minimum Gasteiger partial charge on any atom is -0.469 e. The highest BCUT2D eigenvalue weighted by molar-refractivity contribution is 7.13. The van der Waals surface area contributed by atoms with Crippen molar-refractivity contribution in [2.45, 2.75) is 19.3 Å². The summed E-state index contributed by atoms with van der Waals surface area (Å²) in [6.07, 6.45) is 2.35. The molecule has 2 aromatic heterocycles. The van der Waals surface area contributed by atoms with Crippen molar-refractivity contribution in [3.8, 4) is 11.3 Å². The van der Waals surface area contributed by atoms with Gasteiger partial charge in [0.05, 0.1) is 25.4 Å². The molecule has 0 aliphatic carbocycles. The zero-order chi connectivity index (χ0) is 18.4. The van der Waals surface area contributed by atoms with Crippen LogP contribution < -0.4 is 5.32 Å². The highest BCUT2D eigenvalue weighted by Gasteiger charge is 2.12. The predicted molar refractivity (Wildman–Crippen MR) is 96.7 cm³/mol. The number of methoxy groups -OCH3 is 1. The first-order valence-corrected chi connectivity index (χ1v) is 8.83. The van der Waals surface area contributed by atoms with Gasteiger partial charge >= 0.3 is 5.97 Å². The normalized spacial score (nSPS) is 10.5. The quantitative estimate of drug-likeness (QED) is 0.642. The lowest BCUT2D eigenvalue weighted by molar-refractivity contribution is -0.139. The number of ether oxygens (including phenoxy) is 1. The third-order valence-corrected chi connectivity index (χ3v) is 4.34. The van der Waals surface area contributed by atoms with Gasteiger partial charge in [-0.2, -0.15) is 0 Å². The van der Waals surface area contributed by atoms with E-state index >= 15 is 0 Å². The van der Waals surface area contributed by atoms with Crippen LogP contribution in [0.1, 0.15) is 18.0 Å². The fraction of sp³-hybridized carbons (Fsp3) is 0.222. The number of carbonyl (C=O) groups excluding carboxylic acids is 2. The molecule has 3 rings (SSSR count). The van der Waals surface area contributed by atoms with Crippen molar-refractivity contribution in [3.63, 3.8) is 0 Å². The molecule has 0 spiro atoms. The van der Waals surface area contributed by atoms with Gasteiger partial charge in [-0.25, -0.2) is 9.97 Å². The van der Waals surface area contributed by atoms with Gasteiger partial charge in [-0.3, -0.25) is 9.59 Å². The molecule has 7 nitrogen and oxygen atoms in total. The molecule has 134 valence electrons. The number of oxazole rings is 1. The molecule has 2 heterocycles. The maximum Gasteiger partial charge on any atom is 0.311 e. The SMILES string of the molecule is COC(=O)Cc1csc(NC(=O)CCc2ncc(-c3ccccc3)o2)n1. The van der Waals surface area contributed by atoms with E-state index in [1.54, 1.807) is 11.6 Å². The summed E-state index contributed by atoms with van der Waals surface area (Å²) in [5.74, 6) is 0.618. The number of anilines is 1. The number of aromatic nitrogens is 2. The molecule has 0 saturated carbocycles. The number of aryl methyl sites for hydroxylation is 1. The second kappa shape index (κ2) is 8.39. The third-order valence-electron chi connectivity index (χ3n) is 3.53. The van der Waals surface area contributed by atoms with Gasteiger partial charge in [0.1, 0.15) is 0 Å². The summed E-state index contributed by atoms with van der Waals surface area (Å²) >= 11 is 1.26. The number of nitrogens with zero attached hydrogens (tertiary/aromatic N) is 2. The Morgan fingerprint density at radius 1 is 1.27 bits per heavy atom. The highest BCUT2D eigenvalue weighted by Crippen LogP contribution is 2.21. The van der Waals surface area contributed by atoms with Gasteiger partial charge in [-0.1, -0.05) is 30.3 Å². The molecule has 0 saturated heterocycles. The summed E-state index contributed by atoms with van der Waals surface area (Å²) in [6.45, 7) is 0. The van der Waals surface area contributed by atoms with Crippen molar-refractivity contribution in [3.05, 3.63) is 53.5 Å². The number of esters is 1. The summed E-state index contributed by atoms with van der Waals surface area (Å²) in [7, 11) is 1.32. The van der Waals surface area contributed by atoms with Crippen LogP contribution in [0.4, 0.5) is 5.13 Å². The standard InChI is InChI=1S/C18H17N3O4S/c1-24-17(23)9-13-11-26-18(20-13)21-15(22)7-8-16-19-10-14(25-16)12-5-3-2-4-6-12/h2-6,10-11H,7-9H2,1H3,(H,20,21,22). The van der Waals surface area contributed by atoms with Crippen LogP contribution in [0.2, 0.25) is 0 Å². The van der Waals surface area contributed by atoms with Crippen LogP contribution in [-0.4, -0.2) is 29.0 Å². The molecule has 26 heavy (non-hydrogen) atoms. The van der Waals surface area contributed by atoms with Gasteiger partial charge < -0.3 is 14.5 Å². The summed E-state index contributed by atoms with van der Waals surface area (Å²) in [5.41, 5.74) is 1.51. The van der Waals surface area contributed by atoms with E-state index in [1.807, 2.05) is 30.3 Å². The second-order valence-electron chi connectivity index (χ2n) is 5.43. The van der Waals surface area contributed by atoms with Crippen LogP contribution >= 0.6 is 11.3 Å². The first kappa shape index (κ1) is 17.8. The molecule has 1 N–H and O–H groups in total. The van der Waals surface area contributed by atoms with Crippen LogP contribution in [0, 0.1) is 0 Å². The molecule has 0 aliphatic heterocycles. The van der Waals surface area contributed by atoms with E-state index in [2.05, 4.69) is 20.0 Å². The largest absolute Gasteiger partial charge is 0.469 e. The molecule has 3 aromatic rings. The Morgan fingerprint density at radius 2 is 2.08 bits per heavy atom. The van der Waals surface area contributed by atoms with Crippen molar-refractivity contribution >= 4 is 28.3 Å². The van der Waals surface area contributed by atoms with Crippen molar-refractivity contribution < 1.29 is 18.7 Å². The molecule has 0 fully saturated rings. The number of rotatable bonds is 7.